The Morgan fingerprint density at radius 1 is 1.38 bits per heavy atom. The molecule has 0 aliphatic carbocycles. The number of hydrogen-bond acceptors (Lipinski definition) is 2. The first-order valence-electron chi connectivity index (χ1n) is 5.46. The van der Waals surface area contributed by atoms with Gasteiger partial charge >= 0.3 is 0 Å². The van der Waals surface area contributed by atoms with E-state index in [1.165, 1.54) is 0 Å². The van der Waals surface area contributed by atoms with Crippen LogP contribution in [0.5, 0.6) is 0 Å². The number of benzene rings is 1. The predicted octanol–water partition coefficient (Wildman–Crippen LogP) is 1.46. The van der Waals surface area contributed by atoms with E-state index in [9.17, 15) is 4.79 Å². The molecule has 0 spiro atoms. The standard InChI is InChI=1S/C13H19NO2/c1-10(9-15)14-12(16)13(2,3)11-7-5-4-6-8-11/h4-8,10,15H,9H2,1-3H3,(H,14,16)/t10-/m1/s1. The fraction of sp³-hybridized carbons (Fsp3) is 0.462. The summed E-state index contributed by atoms with van der Waals surface area (Å²) in [6.45, 7) is 5.49. The highest BCUT2D eigenvalue weighted by atomic mass is 16.3. The lowest BCUT2D eigenvalue weighted by Crippen LogP contribution is -2.45. The molecule has 0 aliphatic heterocycles. The van der Waals surface area contributed by atoms with Crippen molar-refractivity contribution in [1.29, 1.82) is 0 Å². The Labute approximate surface area is 96.5 Å². The fourth-order valence-electron chi connectivity index (χ4n) is 1.44. The van der Waals surface area contributed by atoms with E-state index in [2.05, 4.69) is 5.32 Å². The summed E-state index contributed by atoms with van der Waals surface area (Å²) in [6.07, 6.45) is 0. The van der Waals surface area contributed by atoms with Crippen molar-refractivity contribution >= 4 is 5.91 Å². The zero-order chi connectivity index (χ0) is 12.2. The molecule has 0 heterocycles. The summed E-state index contributed by atoms with van der Waals surface area (Å²) in [6, 6.07) is 9.41. The Bertz CT molecular complexity index is 346. The first-order valence-corrected chi connectivity index (χ1v) is 5.46. The van der Waals surface area contributed by atoms with E-state index in [1.807, 2.05) is 44.2 Å². The Hall–Kier alpha value is -1.35. The molecular weight excluding hydrogens is 202 g/mol. The second-order valence-electron chi connectivity index (χ2n) is 4.55. The molecule has 0 aromatic heterocycles. The number of aliphatic hydroxyl groups is 1. The van der Waals surface area contributed by atoms with Gasteiger partial charge in [0.05, 0.1) is 12.0 Å². The SMILES string of the molecule is C[C@H](CO)NC(=O)C(C)(C)c1ccccc1. The number of rotatable bonds is 4. The third-order valence-electron chi connectivity index (χ3n) is 2.71. The smallest absolute Gasteiger partial charge is 0.230 e. The van der Waals surface area contributed by atoms with Gasteiger partial charge < -0.3 is 10.4 Å². The molecule has 1 aromatic rings. The van der Waals surface area contributed by atoms with E-state index in [0.29, 0.717) is 0 Å². The lowest BCUT2D eigenvalue weighted by molar-refractivity contribution is -0.126. The molecule has 0 radical (unpaired) electrons. The molecule has 16 heavy (non-hydrogen) atoms. The minimum Gasteiger partial charge on any atom is -0.394 e. The lowest BCUT2D eigenvalue weighted by atomic mass is 9.83. The maximum absolute atomic E-state index is 12.0. The van der Waals surface area contributed by atoms with E-state index in [-0.39, 0.29) is 18.6 Å². The Kier molecular flexibility index (Phi) is 4.07. The van der Waals surface area contributed by atoms with Crippen LogP contribution in [0.4, 0.5) is 0 Å². The molecule has 2 N–H and O–H groups in total. The van der Waals surface area contributed by atoms with Crippen LogP contribution in [0.25, 0.3) is 0 Å². The summed E-state index contributed by atoms with van der Waals surface area (Å²) < 4.78 is 0. The molecule has 1 atom stereocenters. The van der Waals surface area contributed by atoms with E-state index >= 15 is 0 Å². The van der Waals surface area contributed by atoms with Crippen LogP contribution in [0.1, 0.15) is 26.3 Å². The van der Waals surface area contributed by atoms with Crippen LogP contribution in [0.15, 0.2) is 30.3 Å². The van der Waals surface area contributed by atoms with Crippen LogP contribution < -0.4 is 5.32 Å². The summed E-state index contributed by atoms with van der Waals surface area (Å²) in [5.41, 5.74) is 0.391. The van der Waals surface area contributed by atoms with Crippen molar-refractivity contribution in [2.24, 2.45) is 0 Å². The summed E-state index contributed by atoms with van der Waals surface area (Å²) >= 11 is 0. The summed E-state index contributed by atoms with van der Waals surface area (Å²) in [5.74, 6) is -0.0692. The van der Waals surface area contributed by atoms with Gasteiger partial charge in [-0.15, -0.1) is 0 Å². The van der Waals surface area contributed by atoms with Crippen LogP contribution >= 0.6 is 0 Å². The summed E-state index contributed by atoms with van der Waals surface area (Å²) in [5, 5.41) is 11.7. The second-order valence-corrected chi connectivity index (χ2v) is 4.55. The molecule has 1 aromatic carbocycles. The molecular formula is C13H19NO2. The highest BCUT2D eigenvalue weighted by molar-refractivity contribution is 5.87. The second kappa shape index (κ2) is 5.12. The van der Waals surface area contributed by atoms with Crippen molar-refractivity contribution < 1.29 is 9.90 Å². The molecule has 1 rings (SSSR count). The maximum atomic E-state index is 12.0. The molecule has 0 unspecified atom stereocenters. The first-order chi connectivity index (χ1) is 7.48. The van der Waals surface area contributed by atoms with Crippen molar-refractivity contribution in [2.75, 3.05) is 6.61 Å². The molecule has 1 amide bonds. The number of carbonyl (C=O) groups is 1. The summed E-state index contributed by atoms with van der Waals surface area (Å²) in [4.78, 5) is 12.0. The molecule has 88 valence electrons. The van der Waals surface area contributed by atoms with Crippen LogP contribution in [0, 0.1) is 0 Å². The highest BCUT2D eigenvalue weighted by Crippen LogP contribution is 2.22. The van der Waals surface area contributed by atoms with Gasteiger partial charge in [-0.3, -0.25) is 4.79 Å². The van der Waals surface area contributed by atoms with Crippen LogP contribution in [-0.2, 0) is 10.2 Å². The minimum absolute atomic E-state index is 0.0450. The topological polar surface area (TPSA) is 49.3 Å². The zero-order valence-electron chi connectivity index (χ0n) is 10.0. The lowest BCUT2D eigenvalue weighted by Gasteiger charge is -2.25. The number of aliphatic hydroxyl groups excluding tert-OH is 1. The molecule has 0 saturated heterocycles. The molecule has 3 heteroatoms. The van der Waals surface area contributed by atoms with Gasteiger partial charge in [0.1, 0.15) is 0 Å². The average molecular weight is 221 g/mol. The molecule has 3 nitrogen and oxygen atoms in total. The maximum Gasteiger partial charge on any atom is 0.230 e. The third kappa shape index (κ3) is 2.83. The predicted molar refractivity (Wildman–Crippen MR) is 64.2 cm³/mol. The van der Waals surface area contributed by atoms with Crippen LogP contribution in [0.2, 0.25) is 0 Å². The van der Waals surface area contributed by atoms with Crippen molar-refractivity contribution in [3.8, 4) is 0 Å². The first kappa shape index (κ1) is 12.7. The van der Waals surface area contributed by atoms with E-state index in [1.54, 1.807) is 6.92 Å². The fourth-order valence-corrected chi connectivity index (χ4v) is 1.44. The van der Waals surface area contributed by atoms with Gasteiger partial charge in [0.2, 0.25) is 5.91 Å². The quantitative estimate of drug-likeness (QED) is 0.808. The molecule has 0 bridgehead atoms. The van der Waals surface area contributed by atoms with Crippen LogP contribution in [0.3, 0.4) is 0 Å². The van der Waals surface area contributed by atoms with E-state index in [0.717, 1.165) is 5.56 Å². The van der Waals surface area contributed by atoms with Gasteiger partial charge in [-0.05, 0) is 26.3 Å². The van der Waals surface area contributed by atoms with E-state index < -0.39 is 5.41 Å². The Morgan fingerprint density at radius 2 is 1.94 bits per heavy atom. The number of hydrogen-bond donors (Lipinski definition) is 2. The number of carbonyl (C=O) groups excluding carboxylic acids is 1. The Balaban J connectivity index is 2.82. The van der Waals surface area contributed by atoms with Gasteiger partial charge in [0, 0.05) is 6.04 Å². The van der Waals surface area contributed by atoms with E-state index in [4.69, 9.17) is 5.11 Å². The van der Waals surface area contributed by atoms with Gasteiger partial charge in [-0.1, -0.05) is 30.3 Å². The van der Waals surface area contributed by atoms with Gasteiger partial charge in [-0.25, -0.2) is 0 Å². The highest BCUT2D eigenvalue weighted by Gasteiger charge is 2.30. The number of amides is 1. The number of nitrogens with one attached hydrogen (secondary N) is 1. The van der Waals surface area contributed by atoms with Crippen molar-refractivity contribution in [3.05, 3.63) is 35.9 Å². The molecule has 0 saturated carbocycles. The molecule has 0 fully saturated rings. The minimum atomic E-state index is -0.579. The average Bonchev–Trinajstić information content (AvgIpc) is 2.29. The van der Waals surface area contributed by atoms with Gasteiger partial charge in [0.25, 0.3) is 0 Å². The van der Waals surface area contributed by atoms with Crippen LogP contribution in [-0.4, -0.2) is 23.7 Å². The van der Waals surface area contributed by atoms with Gasteiger partial charge in [0.15, 0.2) is 0 Å². The Morgan fingerprint density at radius 3 is 2.44 bits per heavy atom. The largest absolute Gasteiger partial charge is 0.394 e. The zero-order valence-corrected chi connectivity index (χ0v) is 10.0. The van der Waals surface area contributed by atoms with Crippen molar-refractivity contribution in [1.82, 2.24) is 5.32 Å². The van der Waals surface area contributed by atoms with Crippen molar-refractivity contribution in [3.63, 3.8) is 0 Å². The summed E-state index contributed by atoms with van der Waals surface area (Å²) in [7, 11) is 0. The third-order valence-corrected chi connectivity index (χ3v) is 2.71. The van der Waals surface area contributed by atoms with Gasteiger partial charge in [-0.2, -0.15) is 0 Å². The van der Waals surface area contributed by atoms with Crippen molar-refractivity contribution in [2.45, 2.75) is 32.2 Å². The normalized spacial score (nSPS) is 13.2. The molecule has 0 aliphatic rings. The monoisotopic (exact) mass is 221 g/mol.